The Hall–Kier alpha value is -0.380. The van der Waals surface area contributed by atoms with E-state index in [4.69, 9.17) is 9.47 Å². The molecular weight excluding hydrogens is 214 g/mol. The van der Waals surface area contributed by atoms with E-state index >= 15 is 0 Å². The molecule has 0 aromatic heterocycles. The number of hydrogen-bond donors (Lipinski definition) is 1. The van der Waals surface area contributed by atoms with E-state index in [0.29, 0.717) is 12.1 Å². The van der Waals surface area contributed by atoms with Gasteiger partial charge in [0.25, 0.3) is 0 Å². The lowest BCUT2D eigenvalue weighted by atomic mass is 10.2. The van der Waals surface area contributed by atoms with Gasteiger partial charge in [0.05, 0.1) is 12.7 Å². The van der Waals surface area contributed by atoms with Crippen LogP contribution in [0.2, 0.25) is 0 Å². The molecule has 0 bridgehead atoms. The second-order valence-corrected chi connectivity index (χ2v) is 4.78. The van der Waals surface area contributed by atoms with Crippen LogP contribution in [0.1, 0.15) is 39.0 Å². The molecule has 2 unspecified atom stereocenters. The minimum absolute atomic E-state index is 0.356. The van der Waals surface area contributed by atoms with Crippen LogP contribution in [-0.4, -0.2) is 38.5 Å². The summed E-state index contributed by atoms with van der Waals surface area (Å²) in [4.78, 5) is 0. The summed E-state index contributed by atoms with van der Waals surface area (Å²) in [6, 6.07) is 0.575. The van der Waals surface area contributed by atoms with Gasteiger partial charge in [-0.2, -0.15) is 0 Å². The van der Waals surface area contributed by atoms with Gasteiger partial charge in [-0.25, -0.2) is 0 Å². The van der Waals surface area contributed by atoms with Crippen LogP contribution < -0.4 is 5.32 Å². The van der Waals surface area contributed by atoms with Crippen LogP contribution in [0.4, 0.5) is 0 Å². The summed E-state index contributed by atoms with van der Waals surface area (Å²) < 4.78 is 11.1. The van der Waals surface area contributed by atoms with Gasteiger partial charge in [-0.05, 0) is 45.6 Å². The van der Waals surface area contributed by atoms with Crippen molar-refractivity contribution in [2.24, 2.45) is 0 Å². The van der Waals surface area contributed by atoms with Crippen molar-refractivity contribution in [1.29, 1.82) is 0 Å². The van der Waals surface area contributed by atoms with E-state index in [0.717, 1.165) is 45.6 Å². The van der Waals surface area contributed by atoms with E-state index < -0.39 is 0 Å². The first-order chi connectivity index (χ1) is 8.33. The molecule has 1 heterocycles. The number of allylic oxidation sites excluding steroid dienone is 1. The zero-order valence-corrected chi connectivity index (χ0v) is 11.1. The summed E-state index contributed by atoms with van der Waals surface area (Å²) in [5, 5.41) is 3.49. The summed E-state index contributed by atoms with van der Waals surface area (Å²) >= 11 is 0. The predicted octanol–water partition coefficient (Wildman–Crippen LogP) is 2.52. The summed E-state index contributed by atoms with van der Waals surface area (Å²) in [5.41, 5.74) is 0. The van der Waals surface area contributed by atoms with E-state index in [-0.39, 0.29) is 0 Å². The van der Waals surface area contributed by atoms with Crippen molar-refractivity contribution in [3.63, 3.8) is 0 Å². The van der Waals surface area contributed by atoms with Crippen LogP contribution >= 0.6 is 0 Å². The molecule has 2 atom stereocenters. The topological polar surface area (TPSA) is 30.5 Å². The van der Waals surface area contributed by atoms with Crippen LogP contribution in [0.15, 0.2) is 12.7 Å². The largest absolute Gasteiger partial charge is 0.379 e. The molecule has 1 saturated heterocycles. The highest BCUT2D eigenvalue weighted by molar-refractivity contribution is 4.70. The zero-order valence-electron chi connectivity index (χ0n) is 11.1. The van der Waals surface area contributed by atoms with E-state index in [2.05, 4.69) is 18.8 Å². The first kappa shape index (κ1) is 14.7. The maximum atomic E-state index is 5.60. The average molecular weight is 241 g/mol. The number of ether oxygens (including phenoxy) is 2. The maximum Gasteiger partial charge on any atom is 0.0809 e. The monoisotopic (exact) mass is 241 g/mol. The Bertz CT molecular complexity index is 191. The van der Waals surface area contributed by atoms with Crippen molar-refractivity contribution in [1.82, 2.24) is 5.32 Å². The second kappa shape index (κ2) is 9.63. The van der Waals surface area contributed by atoms with Gasteiger partial charge in [-0.15, -0.1) is 6.58 Å². The maximum absolute atomic E-state index is 5.60. The molecule has 1 fully saturated rings. The first-order valence-corrected chi connectivity index (χ1v) is 6.86. The summed E-state index contributed by atoms with van der Waals surface area (Å²) in [6.07, 6.45) is 8.01. The molecule has 1 aliphatic rings. The fourth-order valence-corrected chi connectivity index (χ4v) is 1.98. The van der Waals surface area contributed by atoms with Gasteiger partial charge in [0, 0.05) is 19.3 Å². The quantitative estimate of drug-likeness (QED) is 0.471. The molecule has 0 aromatic rings. The molecule has 0 amide bonds. The molecule has 0 aliphatic carbocycles. The third kappa shape index (κ3) is 7.53. The molecule has 3 heteroatoms. The molecule has 100 valence electrons. The van der Waals surface area contributed by atoms with E-state index in [1.165, 1.54) is 12.8 Å². The first-order valence-electron chi connectivity index (χ1n) is 6.86. The van der Waals surface area contributed by atoms with Gasteiger partial charge in [0.15, 0.2) is 0 Å². The van der Waals surface area contributed by atoms with Crippen molar-refractivity contribution in [2.45, 2.75) is 51.2 Å². The fraction of sp³-hybridized carbons (Fsp3) is 0.857. The lowest BCUT2D eigenvalue weighted by Crippen LogP contribution is -2.27. The van der Waals surface area contributed by atoms with Gasteiger partial charge < -0.3 is 14.8 Å². The van der Waals surface area contributed by atoms with E-state index in [1.807, 2.05) is 6.08 Å². The van der Waals surface area contributed by atoms with E-state index in [1.54, 1.807) is 0 Å². The Balaban J connectivity index is 1.81. The molecule has 1 N–H and O–H groups in total. The summed E-state index contributed by atoms with van der Waals surface area (Å²) in [5.74, 6) is 0. The van der Waals surface area contributed by atoms with Crippen molar-refractivity contribution in [3.05, 3.63) is 12.7 Å². The van der Waals surface area contributed by atoms with Crippen LogP contribution in [-0.2, 0) is 9.47 Å². The van der Waals surface area contributed by atoms with Crippen molar-refractivity contribution >= 4 is 0 Å². The predicted molar refractivity (Wildman–Crippen MR) is 71.3 cm³/mol. The minimum Gasteiger partial charge on any atom is -0.379 e. The Labute approximate surface area is 106 Å². The Kier molecular flexibility index (Phi) is 8.32. The number of nitrogens with one attached hydrogen (secondary N) is 1. The lowest BCUT2D eigenvalue weighted by Gasteiger charge is -2.13. The van der Waals surface area contributed by atoms with Gasteiger partial charge >= 0.3 is 0 Å². The van der Waals surface area contributed by atoms with Gasteiger partial charge in [0.2, 0.25) is 0 Å². The molecule has 3 nitrogen and oxygen atoms in total. The molecule has 0 spiro atoms. The van der Waals surface area contributed by atoms with Crippen molar-refractivity contribution in [2.75, 3.05) is 26.4 Å². The van der Waals surface area contributed by atoms with Gasteiger partial charge in [-0.1, -0.05) is 6.08 Å². The third-order valence-electron chi connectivity index (χ3n) is 3.09. The Morgan fingerprint density at radius 2 is 2.47 bits per heavy atom. The summed E-state index contributed by atoms with van der Waals surface area (Å²) in [6.45, 7) is 9.50. The Morgan fingerprint density at radius 1 is 1.59 bits per heavy atom. The number of rotatable bonds is 10. The molecular formula is C14H27NO2. The molecule has 0 saturated carbocycles. The van der Waals surface area contributed by atoms with Crippen LogP contribution in [0.25, 0.3) is 0 Å². The lowest BCUT2D eigenvalue weighted by molar-refractivity contribution is 0.0165. The molecule has 0 radical (unpaired) electrons. The SMILES string of the molecule is C=CCCC(C)NCCCOCC1CCCO1. The number of hydrogen-bond acceptors (Lipinski definition) is 3. The molecule has 0 aromatic carbocycles. The zero-order chi connectivity index (χ0) is 12.3. The highest BCUT2D eigenvalue weighted by Gasteiger charge is 2.14. The fourth-order valence-electron chi connectivity index (χ4n) is 1.98. The third-order valence-corrected chi connectivity index (χ3v) is 3.09. The Morgan fingerprint density at radius 3 is 3.18 bits per heavy atom. The van der Waals surface area contributed by atoms with Crippen LogP contribution in [0.3, 0.4) is 0 Å². The highest BCUT2D eigenvalue weighted by Crippen LogP contribution is 2.11. The highest BCUT2D eigenvalue weighted by atomic mass is 16.5. The molecule has 1 aliphatic heterocycles. The minimum atomic E-state index is 0.356. The van der Waals surface area contributed by atoms with Gasteiger partial charge in [-0.3, -0.25) is 0 Å². The van der Waals surface area contributed by atoms with Gasteiger partial charge in [0.1, 0.15) is 0 Å². The van der Waals surface area contributed by atoms with E-state index in [9.17, 15) is 0 Å². The molecule has 17 heavy (non-hydrogen) atoms. The van der Waals surface area contributed by atoms with Crippen molar-refractivity contribution < 1.29 is 9.47 Å². The average Bonchev–Trinajstić information content (AvgIpc) is 2.84. The normalized spacial score (nSPS) is 21.6. The van der Waals surface area contributed by atoms with Crippen LogP contribution in [0.5, 0.6) is 0 Å². The van der Waals surface area contributed by atoms with Crippen molar-refractivity contribution in [3.8, 4) is 0 Å². The molecule has 1 rings (SSSR count). The summed E-state index contributed by atoms with van der Waals surface area (Å²) in [7, 11) is 0. The second-order valence-electron chi connectivity index (χ2n) is 4.78. The smallest absolute Gasteiger partial charge is 0.0809 e. The standard InChI is InChI=1S/C14H27NO2/c1-3-4-7-13(2)15-9-6-10-16-12-14-8-5-11-17-14/h3,13-15H,1,4-12H2,2H3. The van der Waals surface area contributed by atoms with Crippen LogP contribution in [0, 0.1) is 0 Å².